The lowest BCUT2D eigenvalue weighted by Crippen LogP contribution is -2.31. The highest BCUT2D eigenvalue weighted by molar-refractivity contribution is 9.10. The van der Waals surface area contributed by atoms with Gasteiger partial charge in [0.25, 0.3) is 0 Å². The Kier molecular flexibility index (Phi) is 6.92. The van der Waals surface area contributed by atoms with Crippen molar-refractivity contribution in [1.29, 1.82) is 0 Å². The molecule has 120 valence electrons. The van der Waals surface area contributed by atoms with Gasteiger partial charge in [-0.1, -0.05) is 27.5 Å². The summed E-state index contributed by atoms with van der Waals surface area (Å²) in [4.78, 5) is 0. The van der Waals surface area contributed by atoms with Crippen molar-refractivity contribution in [1.82, 2.24) is 10.6 Å². The van der Waals surface area contributed by atoms with Gasteiger partial charge in [-0.2, -0.15) is 0 Å². The molecular formula is C16H20BrClN2O2. The van der Waals surface area contributed by atoms with Crippen LogP contribution in [0.3, 0.4) is 0 Å². The lowest BCUT2D eigenvalue weighted by atomic mass is 10.2. The molecule has 22 heavy (non-hydrogen) atoms. The van der Waals surface area contributed by atoms with Crippen LogP contribution in [-0.4, -0.2) is 30.8 Å². The van der Waals surface area contributed by atoms with Crippen LogP contribution in [0.5, 0.6) is 0 Å². The van der Waals surface area contributed by atoms with E-state index in [-0.39, 0.29) is 6.10 Å². The zero-order chi connectivity index (χ0) is 15.9. The van der Waals surface area contributed by atoms with Gasteiger partial charge in [-0.15, -0.1) is 0 Å². The first-order chi connectivity index (χ1) is 10.6. The van der Waals surface area contributed by atoms with E-state index in [4.69, 9.17) is 21.1 Å². The lowest BCUT2D eigenvalue weighted by molar-refractivity contribution is 0.191. The fourth-order valence-corrected chi connectivity index (χ4v) is 2.77. The van der Waals surface area contributed by atoms with Crippen molar-refractivity contribution in [2.45, 2.75) is 19.6 Å². The third-order valence-electron chi connectivity index (χ3n) is 3.08. The number of furan rings is 1. The number of halogens is 2. The summed E-state index contributed by atoms with van der Waals surface area (Å²) in [6.07, 6.45) is -0.316. The number of hydrogen-bond acceptors (Lipinski definition) is 4. The van der Waals surface area contributed by atoms with Gasteiger partial charge in [0.2, 0.25) is 0 Å². The van der Waals surface area contributed by atoms with E-state index < -0.39 is 0 Å². The lowest BCUT2D eigenvalue weighted by Gasteiger charge is -2.07. The van der Waals surface area contributed by atoms with Crippen LogP contribution in [-0.2, 0) is 6.54 Å². The quantitative estimate of drug-likeness (QED) is 0.608. The smallest absolute Gasteiger partial charge is 0.135 e. The molecule has 3 N–H and O–H groups in total. The molecule has 1 aromatic heterocycles. The molecule has 0 aliphatic heterocycles. The van der Waals surface area contributed by atoms with Crippen LogP contribution in [0.4, 0.5) is 0 Å². The summed E-state index contributed by atoms with van der Waals surface area (Å²) in [7, 11) is 0. The van der Waals surface area contributed by atoms with Crippen LogP contribution >= 0.6 is 27.5 Å². The van der Waals surface area contributed by atoms with E-state index in [0.29, 0.717) is 18.1 Å². The summed E-state index contributed by atoms with van der Waals surface area (Å²) in [5, 5.41) is 16.2. The molecule has 6 heteroatoms. The Labute approximate surface area is 144 Å². The first-order valence-electron chi connectivity index (χ1n) is 7.20. The molecule has 1 heterocycles. The van der Waals surface area contributed by atoms with Gasteiger partial charge in [0.1, 0.15) is 11.5 Å². The number of hydrogen-bond donors (Lipinski definition) is 3. The third-order valence-corrected chi connectivity index (χ3v) is 3.88. The zero-order valence-corrected chi connectivity index (χ0v) is 14.7. The Morgan fingerprint density at radius 2 is 2.00 bits per heavy atom. The summed E-state index contributed by atoms with van der Waals surface area (Å²) < 4.78 is 6.76. The largest absolute Gasteiger partial charge is 0.460 e. The summed E-state index contributed by atoms with van der Waals surface area (Å²) >= 11 is 9.62. The minimum atomic E-state index is -0.316. The molecule has 0 aliphatic carbocycles. The van der Waals surface area contributed by atoms with Crippen LogP contribution in [0.2, 0.25) is 5.02 Å². The van der Waals surface area contributed by atoms with Crippen LogP contribution < -0.4 is 10.6 Å². The predicted octanol–water partition coefficient (Wildman–Crippen LogP) is 3.42. The molecule has 0 saturated carbocycles. The van der Waals surface area contributed by atoms with E-state index in [0.717, 1.165) is 34.6 Å². The Balaban J connectivity index is 1.81. The summed E-state index contributed by atoms with van der Waals surface area (Å²) in [6.45, 7) is 4.63. The minimum Gasteiger partial charge on any atom is -0.460 e. The van der Waals surface area contributed by atoms with Crippen molar-refractivity contribution in [3.63, 3.8) is 0 Å². The molecule has 2 aromatic rings. The standard InChI is InChI=1S/C16H20BrClN2O2/c1-11(21)9-19-6-7-20-10-13-3-5-16(22-13)14-4-2-12(17)8-15(14)18/h2-5,8,11,19-21H,6-7,9-10H2,1H3. The van der Waals surface area contributed by atoms with Crippen LogP contribution in [0.15, 0.2) is 39.2 Å². The Morgan fingerprint density at radius 1 is 1.23 bits per heavy atom. The number of aliphatic hydroxyl groups is 1. The predicted molar refractivity (Wildman–Crippen MR) is 93.1 cm³/mol. The Morgan fingerprint density at radius 3 is 2.73 bits per heavy atom. The molecule has 0 bridgehead atoms. The highest BCUT2D eigenvalue weighted by Gasteiger charge is 2.09. The Hall–Kier alpha value is -0.850. The summed E-state index contributed by atoms with van der Waals surface area (Å²) in [5.41, 5.74) is 0.884. The van der Waals surface area contributed by atoms with Crippen molar-refractivity contribution in [2.75, 3.05) is 19.6 Å². The van der Waals surface area contributed by atoms with Gasteiger partial charge in [-0.05, 0) is 37.3 Å². The van der Waals surface area contributed by atoms with Gasteiger partial charge in [-0.25, -0.2) is 0 Å². The van der Waals surface area contributed by atoms with Gasteiger partial charge in [0.15, 0.2) is 0 Å². The third kappa shape index (κ3) is 5.41. The molecule has 0 radical (unpaired) electrons. The molecule has 1 atom stereocenters. The molecule has 0 aliphatic rings. The molecule has 0 spiro atoms. The summed E-state index contributed by atoms with van der Waals surface area (Å²) in [5.74, 6) is 1.63. The number of nitrogens with one attached hydrogen (secondary N) is 2. The van der Waals surface area contributed by atoms with Crippen molar-refractivity contribution >= 4 is 27.5 Å². The molecule has 1 aromatic carbocycles. The SMILES string of the molecule is CC(O)CNCCNCc1ccc(-c2ccc(Br)cc2Cl)o1. The van der Waals surface area contributed by atoms with Crippen molar-refractivity contribution in [3.05, 3.63) is 45.6 Å². The molecule has 0 amide bonds. The highest BCUT2D eigenvalue weighted by atomic mass is 79.9. The average Bonchev–Trinajstić information content (AvgIpc) is 2.91. The second-order valence-corrected chi connectivity index (χ2v) is 6.44. The van der Waals surface area contributed by atoms with E-state index in [1.807, 2.05) is 30.3 Å². The fraction of sp³-hybridized carbons (Fsp3) is 0.375. The second kappa shape index (κ2) is 8.70. The monoisotopic (exact) mass is 386 g/mol. The van der Waals surface area contributed by atoms with E-state index >= 15 is 0 Å². The van der Waals surface area contributed by atoms with E-state index in [1.54, 1.807) is 6.92 Å². The minimum absolute atomic E-state index is 0.316. The number of aliphatic hydroxyl groups excluding tert-OH is 1. The summed E-state index contributed by atoms with van der Waals surface area (Å²) in [6, 6.07) is 9.60. The van der Waals surface area contributed by atoms with Crippen LogP contribution in [0, 0.1) is 0 Å². The zero-order valence-electron chi connectivity index (χ0n) is 12.4. The molecule has 2 rings (SSSR count). The Bertz CT molecular complexity index is 602. The second-order valence-electron chi connectivity index (χ2n) is 5.12. The normalized spacial score (nSPS) is 12.5. The van der Waals surface area contributed by atoms with Crippen molar-refractivity contribution in [3.8, 4) is 11.3 Å². The maximum Gasteiger partial charge on any atom is 0.135 e. The van der Waals surface area contributed by atoms with Gasteiger partial charge < -0.3 is 20.2 Å². The van der Waals surface area contributed by atoms with Crippen LogP contribution in [0.1, 0.15) is 12.7 Å². The van der Waals surface area contributed by atoms with Gasteiger partial charge in [-0.3, -0.25) is 0 Å². The highest BCUT2D eigenvalue weighted by Crippen LogP contribution is 2.31. The van der Waals surface area contributed by atoms with E-state index in [1.165, 1.54) is 0 Å². The maximum atomic E-state index is 9.13. The first-order valence-corrected chi connectivity index (χ1v) is 8.37. The molecule has 0 saturated heterocycles. The fourth-order valence-electron chi connectivity index (χ4n) is 2.01. The van der Waals surface area contributed by atoms with Gasteiger partial charge >= 0.3 is 0 Å². The van der Waals surface area contributed by atoms with Crippen molar-refractivity contribution in [2.24, 2.45) is 0 Å². The molecule has 4 nitrogen and oxygen atoms in total. The topological polar surface area (TPSA) is 57.4 Å². The first kappa shape index (κ1) is 17.5. The number of benzene rings is 1. The maximum absolute atomic E-state index is 9.13. The molecular weight excluding hydrogens is 368 g/mol. The molecule has 1 unspecified atom stereocenters. The molecule has 0 fully saturated rings. The van der Waals surface area contributed by atoms with E-state index in [9.17, 15) is 0 Å². The number of rotatable bonds is 8. The van der Waals surface area contributed by atoms with E-state index in [2.05, 4.69) is 26.6 Å². The van der Waals surface area contributed by atoms with Crippen LogP contribution in [0.25, 0.3) is 11.3 Å². The average molecular weight is 388 g/mol. The van der Waals surface area contributed by atoms with Gasteiger partial charge in [0.05, 0.1) is 17.7 Å². The van der Waals surface area contributed by atoms with Gasteiger partial charge in [0, 0.05) is 29.7 Å². The van der Waals surface area contributed by atoms with Crippen molar-refractivity contribution < 1.29 is 9.52 Å².